The molecule has 6 nitrogen and oxygen atoms in total. The zero-order valence-electron chi connectivity index (χ0n) is 9.29. The van der Waals surface area contributed by atoms with Crippen molar-refractivity contribution in [1.29, 1.82) is 0 Å². The van der Waals surface area contributed by atoms with E-state index in [1.54, 1.807) is 6.92 Å². The molecule has 2 rings (SSSR count). The lowest BCUT2D eigenvalue weighted by molar-refractivity contribution is -0.143. The molecule has 1 fully saturated rings. The minimum atomic E-state index is -1.10. The van der Waals surface area contributed by atoms with Crippen LogP contribution in [0.2, 0.25) is 0 Å². The second-order valence-corrected chi connectivity index (χ2v) is 4.46. The zero-order chi connectivity index (χ0) is 12.3. The Kier molecular flexibility index (Phi) is 4.06. The lowest BCUT2D eigenvalue weighted by atomic mass is 10.3. The van der Waals surface area contributed by atoms with Crippen LogP contribution in [0.25, 0.3) is 0 Å². The number of esters is 1. The highest BCUT2D eigenvalue weighted by atomic mass is 32.1. The normalized spacial score (nSPS) is 18.2. The summed E-state index contributed by atoms with van der Waals surface area (Å²) in [6.07, 6.45) is 0.174. The molecule has 0 aliphatic carbocycles. The largest absolute Gasteiger partial charge is 0.412 e. The van der Waals surface area contributed by atoms with Gasteiger partial charge in [0.2, 0.25) is 11.4 Å². The Morgan fingerprint density at radius 2 is 2.41 bits per heavy atom. The van der Waals surface area contributed by atoms with Crippen LogP contribution in [0, 0.1) is 0 Å². The fourth-order valence-electron chi connectivity index (χ4n) is 1.26. The molecule has 1 atom stereocenters. The van der Waals surface area contributed by atoms with E-state index in [4.69, 9.17) is 14.2 Å². The number of ether oxygens (including phenoxy) is 3. The first kappa shape index (κ1) is 12.4. The highest BCUT2D eigenvalue weighted by Gasteiger charge is 2.23. The molecule has 1 aliphatic rings. The molecule has 1 aromatic heterocycles. The van der Waals surface area contributed by atoms with Crippen LogP contribution in [0.3, 0.4) is 0 Å². The van der Waals surface area contributed by atoms with Crippen molar-refractivity contribution in [3.05, 3.63) is 11.2 Å². The fraction of sp³-hybridized carbons (Fsp3) is 0.600. The summed E-state index contributed by atoms with van der Waals surface area (Å²) < 4.78 is 15.5. The van der Waals surface area contributed by atoms with E-state index < -0.39 is 18.4 Å². The molecule has 1 saturated heterocycles. The zero-order valence-corrected chi connectivity index (χ0v) is 10.1. The Labute approximate surface area is 102 Å². The summed E-state index contributed by atoms with van der Waals surface area (Å²) in [7, 11) is 0. The number of carbonyl (C=O) groups excluding carboxylic acids is 1. The average Bonchev–Trinajstić information content (AvgIpc) is 2.97. The number of aromatic nitrogens is 1. The molecule has 94 valence electrons. The summed E-state index contributed by atoms with van der Waals surface area (Å²) in [5, 5.41) is 10.2. The summed E-state index contributed by atoms with van der Waals surface area (Å²) in [5.74, 6) is -0.670. The van der Waals surface area contributed by atoms with Crippen molar-refractivity contribution in [2.75, 3.05) is 13.2 Å². The summed E-state index contributed by atoms with van der Waals surface area (Å²) in [4.78, 5) is 15.4. The Balaban J connectivity index is 1.96. The van der Waals surface area contributed by atoms with Gasteiger partial charge < -0.3 is 19.3 Å². The third-order valence-electron chi connectivity index (χ3n) is 2.19. The monoisotopic (exact) mass is 259 g/mol. The molecule has 0 radical (unpaired) electrons. The van der Waals surface area contributed by atoms with E-state index >= 15 is 0 Å². The molecular weight excluding hydrogens is 246 g/mol. The predicted octanol–water partition coefficient (Wildman–Crippen LogP) is 0.865. The maximum atomic E-state index is 11.3. The molecule has 0 aromatic carbocycles. The molecule has 1 aromatic rings. The minimum absolute atomic E-state index is 0.319. The first-order valence-electron chi connectivity index (χ1n) is 5.29. The Hall–Kier alpha value is -1.02. The lowest BCUT2D eigenvalue weighted by Gasteiger charge is -2.05. The van der Waals surface area contributed by atoms with Crippen molar-refractivity contribution in [2.45, 2.75) is 25.7 Å². The number of thiazole rings is 1. The van der Waals surface area contributed by atoms with Gasteiger partial charge >= 0.3 is 5.97 Å². The van der Waals surface area contributed by atoms with Crippen LogP contribution in [0.1, 0.15) is 24.6 Å². The second-order valence-electron chi connectivity index (χ2n) is 3.44. The molecule has 0 amide bonds. The maximum absolute atomic E-state index is 11.3. The van der Waals surface area contributed by atoms with Gasteiger partial charge in [0.15, 0.2) is 11.1 Å². The van der Waals surface area contributed by atoms with Crippen molar-refractivity contribution in [3.8, 4) is 5.06 Å². The standard InChI is InChI=1S/C10H13NO5S/c1-2-6(12)9(13)16-7-5-11-8(17-7)10-14-3-4-15-10/h5-6,10,12H,2-4H2,1H3. The quantitative estimate of drug-likeness (QED) is 0.808. The topological polar surface area (TPSA) is 77.9 Å². The van der Waals surface area contributed by atoms with Crippen LogP contribution in [0.15, 0.2) is 6.20 Å². The highest BCUT2D eigenvalue weighted by Crippen LogP contribution is 2.31. The van der Waals surface area contributed by atoms with Gasteiger partial charge in [-0.05, 0) is 6.42 Å². The Morgan fingerprint density at radius 1 is 1.71 bits per heavy atom. The molecular formula is C10H13NO5S. The van der Waals surface area contributed by atoms with Gasteiger partial charge in [0.05, 0.1) is 19.4 Å². The number of rotatable bonds is 4. The predicted molar refractivity (Wildman–Crippen MR) is 58.7 cm³/mol. The summed E-state index contributed by atoms with van der Waals surface area (Å²) in [6.45, 7) is 2.77. The van der Waals surface area contributed by atoms with Crippen molar-refractivity contribution in [2.24, 2.45) is 0 Å². The van der Waals surface area contributed by atoms with Crippen LogP contribution in [0.5, 0.6) is 5.06 Å². The van der Waals surface area contributed by atoms with E-state index in [0.29, 0.717) is 29.7 Å². The van der Waals surface area contributed by atoms with E-state index in [9.17, 15) is 9.90 Å². The second kappa shape index (κ2) is 5.54. The van der Waals surface area contributed by atoms with Crippen molar-refractivity contribution >= 4 is 17.3 Å². The molecule has 17 heavy (non-hydrogen) atoms. The maximum Gasteiger partial charge on any atom is 0.341 e. The van der Waals surface area contributed by atoms with Crippen LogP contribution >= 0.6 is 11.3 Å². The summed E-state index contributed by atoms with van der Waals surface area (Å²) in [6, 6.07) is 0. The Bertz CT molecular complexity index is 388. The molecule has 0 bridgehead atoms. The number of carbonyl (C=O) groups is 1. The first-order chi connectivity index (χ1) is 8.20. The molecule has 1 N–H and O–H groups in total. The van der Waals surface area contributed by atoms with E-state index in [1.165, 1.54) is 17.5 Å². The number of nitrogens with zero attached hydrogens (tertiary/aromatic N) is 1. The van der Waals surface area contributed by atoms with Gasteiger partial charge in [-0.3, -0.25) is 0 Å². The molecule has 0 saturated carbocycles. The molecule has 0 spiro atoms. The van der Waals surface area contributed by atoms with Gasteiger partial charge in [-0.15, -0.1) is 0 Å². The van der Waals surface area contributed by atoms with Gasteiger partial charge in [-0.25, -0.2) is 9.78 Å². The van der Waals surface area contributed by atoms with Crippen molar-refractivity contribution < 1.29 is 24.1 Å². The van der Waals surface area contributed by atoms with Crippen LogP contribution in [-0.4, -0.2) is 35.4 Å². The van der Waals surface area contributed by atoms with Crippen LogP contribution in [-0.2, 0) is 14.3 Å². The number of aliphatic hydroxyl groups is 1. The number of hydrogen-bond donors (Lipinski definition) is 1. The SMILES string of the molecule is CCC(O)C(=O)Oc1cnc(C2OCCO2)s1. The lowest BCUT2D eigenvalue weighted by Crippen LogP contribution is -2.24. The van der Waals surface area contributed by atoms with Gasteiger partial charge in [0.1, 0.15) is 0 Å². The van der Waals surface area contributed by atoms with E-state index in [2.05, 4.69) is 4.98 Å². The molecule has 2 heterocycles. The van der Waals surface area contributed by atoms with Gasteiger partial charge in [0, 0.05) is 0 Å². The van der Waals surface area contributed by atoms with E-state index in [-0.39, 0.29) is 0 Å². The van der Waals surface area contributed by atoms with Gasteiger partial charge in [-0.2, -0.15) is 0 Å². The van der Waals surface area contributed by atoms with E-state index in [1.807, 2.05) is 0 Å². The molecule has 1 aliphatic heterocycles. The fourth-order valence-corrected chi connectivity index (χ4v) is 2.04. The van der Waals surface area contributed by atoms with Crippen molar-refractivity contribution in [1.82, 2.24) is 4.98 Å². The third kappa shape index (κ3) is 3.01. The Morgan fingerprint density at radius 3 is 3.06 bits per heavy atom. The smallest absolute Gasteiger partial charge is 0.341 e. The number of aliphatic hydroxyl groups excluding tert-OH is 1. The van der Waals surface area contributed by atoms with Gasteiger partial charge in [0.25, 0.3) is 0 Å². The average molecular weight is 259 g/mol. The van der Waals surface area contributed by atoms with Crippen LogP contribution in [0.4, 0.5) is 0 Å². The minimum Gasteiger partial charge on any atom is -0.412 e. The first-order valence-corrected chi connectivity index (χ1v) is 6.11. The number of hydrogen-bond acceptors (Lipinski definition) is 7. The third-order valence-corrected chi connectivity index (χ3v) is 3.08. The summed E-state index contributed by atoms with van der Waals surface area (Å²) in [5.41, 5.74) is 0. The van der Waals surface area contributed by atoms with Crippen molar-refractivity contribution in [3.63, 3.8) is 0 Å². The molecule has 1 unspecified atom stereocenters. The molecule has 7 heteroatoms. The van der Waals surface area contributed by atoms with Crippen LogP contribution < -0.4 is 4.74 Å². The van der Waals surface area contributed by atoms with E-state index in [0.717, 1.165) is 0 Å². The van der Waals surface area contributed by atoms with Gasteiger partial charge in [-0.1, -0.05) is 18.3 Å². The highest BCUT2D eigenvalue weighted by molar-refractivity contribution is 7.13. The summed E-state index contributed by atoms with van der Waals surface area (Å²) >= 11 is 1.17.